The highest BCUT2D eigenvalue weighted by atomic mass is 16.5. The van der Waals surface area contributed by atoms with E-state index in [9.17, 15) is 19.2 Å². The van der Waals surface area contributed by atoms with Crippen LogP contribution in [-0.2, 0) is 29.0 Å². The number of ether oxygens (including phenoxy) is 2. The van der Waals surface area contributed by atoms with Gasteiger partial charge in [-0.15, -0.1) is 0 Å². The number of hydrogen-bond acceptors (Lipinski definition) is 7. The van der Waals surface area contributed by atoms with Gasteiger partial charge < -0.3 is 18.9 Å². The molecule has 2 fully saturated rings. The molecular weight excluding hydrogens is 548 g/mol. The van der Waals surface area contributed by atoms with E-state index >= 15 is 0 Å². The van der Waals surface area contributed by atoms with Crippen LogP contribution in [0.25, 0.3) is 0 Å². The molecular formula is C33H36N4O6. The molecule has 4 heterocycles. The number of methoxy groups -OCH3 is 2. The molecule has 1 aromatic heterocycles. The fourth-order valence-electron chi connectivity index (χ4n) is 6.97. The van der Waals surface area contributed by atoms with Crippen molar-refractivity contribution in [3.8, 4) is 11.5 Å². The van der Waals surface area contributed by atoms with Crippen molar-refractivity contribution < 1.29 is 23.9 Å². The number of carbonyl (C=O) groups is 3. The maximum Gasteiger partial charge on any atom is 0.335 e. The highest BCUT2D eigenvalue weighted by Crippen LogP contribution is 2.40. The second-order valence-electron chi connectivity index (χ2n) is 11.7. The molecule has 6 rings (SSSR count). The van der Waals surface area contributed by atoms with Crippen LogP contribution in [0.5, 0.6) is 11.5 Å². The van der Waals surface area contributed by atoms with Crippen molar-refractivity contribution in [2.75, 3.05) is 38.8 Å². The Kier molecular flexibility index (Phi) is 7.56. The van der Waals surface area contributed by atoms with Gasteiger partial charge in [-0.05, 0) is 54.2 Å². The summed E-state index contributed by atoms with van der Waals surface area (Å²) in [6.45, 7) is 3.94. The molecule has 3 aliphatic rings. The lowest BCUT2D eigenvalue weighted by Crippen LogP contribution is -2.68. The fraction of sp³-hybridized carbons (Fsp3) is 0.394. The minimum Gasteiger partial charge on any atom is -0.497 e. The summed E-state index contributed by atoms with van der Waals surface area (Å²) < 4.78 is 12.9. The van der Waals surface area contributed by atoms with Crippen LogP contribution in [0.1, 0.15) is 36.1 Å². The number of carbonyl (C=O) groups excluding carboxylic acids is 3. The summed E-state index contributed by atoms with van der Waals surface area (Å²) in [7, 11) is 3.09. The normalized spacial score (nSPS) is 23.5. The molecule has 0 radical (unpaired) electrons. The van der Waals surface area contributed by atoms with E-state index in [1.165, 1.54) is 7.11 Å². The van der Waals surface area contributed by atoms with Crippen LogP contribution in [0.4, 0.5) is 10.5 Å². The molecule has 0 aliphatic carbocycles. The summed E-state index contributed by atoms with van der Waals surface area (Å²) in [5.41, 5.74) is 1.47. The number of urea groups is 1. The van der Waals surface area contributed by atoms with E-state index in [1.807, 2.05) is 29.7 Å². The van der Waals surface area contributed by atoms with E-state index in [0.717, 1.165) is 29.0 Å². The van der Waals surface area contributed by atoms with Crippen molar-refractivity contribution >= 4 is 23.5 Å². The topological polar surface area (TPSA) is 110 Å². The number of piperidine rings is 1. The van der Waals surface area contributed by atoms with Gasteiger partial charge in [0, 0.05) is 56.3 Å². The number of nitrogens with zero attached hydrogens (tertiary/aromatic N) is 3. The van der Waals surface area contributed by atoms with Gasteiger partial charge >= 0.3 is 6.03 Å². The number of nitrogens with one attached hydrogen (secondary N) is 1. The van der Waals surface area contributed by atoms with Crippen LogP contribution in [-0.4, -0.2) is 61.2 Å². The zero-order chi connectivity index (χ0) is 30.3. The van der Waals surface area contributed by atoms with Crippen molar-refractivity contribution in [3.05, 3.63) is 87.8 Å². The molecule has 3 aromatic rings. The molecule has 2 aromatic carbocycles. The number of fused-ring (bicyclic) bond motifs is 4. The minimum absolute atomic E-state index is 0.00574. The van der Waals surface area contributed by atoms with Crippen LogP contribution in [0, 0.1) is 11.3 Å². The Morgan fingerprint density at radius 1 is 0.930 bits per heavy atom. The fourth-order valence-corrected chi connectivity index (χ4v) is 6.97. The first-order valence-electron chi connectivity index (χ1n) is 14.7. The largest absolute Gasteiger partial charge is 0.497 e. The van der Waals surface area contributed by atoms with Gasteiger partial charge in [-0.2, -0.15) is 0 Å². The first-order valence-corrected chi connectivity index (χ1v) is 14.7. The lowest BCUT2D eigenvalue weighted by molar-refractivity contribution is -0.144. The second-order valence-corrected chi connectivity index (χ2v) is 11.7. The second kappa shape index (κ2) is 11.3. The summed E-state index contributed by atoms with van der Waals surface area (Å²) in [6.07, 6.45) is 1.77. The van der Waals surface area contributed by atoms with Gasteiger partial charge in [0.25, 0.3) is 11.5 Å². The van der Waals surface area contributed by atoms with Crippen LogP contribution in [0.15, 0.2) is 65.5 Å². The smallest absolute Gasteiger partial charge is 0.335 e. The molecule has 0 spiro atoms. The highest BCUT2D eigenvalue weighted by molar-refractivity contribution is 6.30. The van der Waals surface area contributed by atoms with E-state index in [0.29, 0.717) is 42.4 Å². The maximum absolute atomic E-state index is 14.6. The number of barbiturate groups is 1. The molecule has 3 atom stereocenters. The van der Waals surface area contributed by atoms with Gasteiger partial charge in [0.2, 0.25) is 5.91 Å². The monoisotopic (exact) mass is 584 g/mol. The maximum atomic E-state index is 14.6. The first-order chi connectivity index (χ1) is 20.8. The molecule has 4 amide bonds. The summed E-state index contributed by atoms with van der Waals surface area (Å²) >= 11 is 0. The average molecular weight is 585 g/mol. The van der Waals surface area contributed by atoms with Crippen LogP contribution < -0.4 is 25.2 Å². The number of imide groups is 2. The number of rotatable bonds is 8. The standard InChI is InChI=1S/C33H36N4O6/c1-4-21-8-11-25(12-9-21)37-31(40)33(30(39)34-32(37)41,16-23-10-13-26(42-2)15-28(23)43-3)20-35-17-22-14-24(19-35)27-6-5-7-29(38)36(27)18-22/h5-13,15,22,24H,4,14,16-20H2,1-3H3,(H,34,39,41)/t22-,24+,33-/m0/s1. The minimum atomic E-state index is -1.62. The van der Waals surface area contributed by atoms with E-state index in [1.54, 1.807) is 49.6 Å². The Bertz CT molecular complexity index is 1630. The summed E-state index contributed by atoms with van der Waals surface area (Å²) in [4.78, 5) is 57.7. The SMILES string of the molecule is CCc1ccc(N2C(=O)NC(=O)[C@](Cc3ccc(OC)cc3OC)(CN3C[C@@H]4C[C@H](C3)c3cccc(=O)n3C4)C2=O)cc1. The quantitative estimate of drug-likeness (QED) is 0.405. The molecule has 0 unspecified atom stereocenters. The van der Waals surface area contributed by atoms with Gasteiger partial charge in [0.05, 0.1) is 19.9 Å². The van der Waals surface area contributed by atoms with Crippen LogP contribution >= 0.6 is 0 Å². The highest BCUT2D eigenvalue weighted by Gasteiger charge is 2.56. The third-order valence-electron chi connectivity index (χ3n) is 9.11. The third-order valence-corrected chi connectivity index (χ3v) is 9.11. The van der Waals surface area contributed by atoms with Crippen molar-refractivity contribution in [2.24, 2.45) is 11.3 Å². The van der Waals surface area contributed by atoms with E-state index in [-0.39, 0.29) is 30.4 Å². The zero-order valence-electron chi connectivity index (χ0n) is 24.7. The van der Waals surface area contributed by atoms with Gasteiger partial charge in [-0.3, -0.25) is 19.7 Å². The van der Waals surface area contributed by atoms with E-state index in [4.69, 9.17) is 9.47 Å². The van der Waals surface area contributed by atoms with Gasteiger partial charge in [-0.25, -0.2) is 9.69 Å². The Morgan fingerprint density at radius 2 is 1.72 bits per heavy atom. The van der Waals surface area contributed by atoms with Gasteiger partial charge in [0.15, 0.2) is 0 Å². The number of likely N-dealkylation sites (tertiary alicyclic amines) is 1. The lowest BCUT2D eigenvalue weighted by Gasteiger charge is -2.47. The lowest BCUT2D eigenvalue weighted by atomic mass is 9.75. The molecule has 10 heteroatoms. The van der Waals surface area contributed by atoms with Crippen molar-refractivity contribution in [1.82, 2.24) is 14.8 Å². The van der Waals surface area contributed by atoms with Crippen molar-refractivity contribution in [3.63, 3.8) is 0 Å². The zero-order valence-corrected chi connectivity index (χ0v) is 24.7. The molecule has 3 aliphatic heterocycles. The number of benzene rings is 2. The Balaban J connectivity index is 1.40. The van der Waals surface area contributed by atoms with E-state index in [2.05, 4.69) is 10.2 Å². The molecule has 43 heavy (non-hydrogen) atoms. The number of pyridine rings is 1. The molecule has 10 nitrogen and oxygen atoms in total. The van der Waals surface area contributed by atoms with Gasteiger partial charge in [-0.1, -0.05) is 31.2 Å². The van der Waals surface area contributed by atoms with Gasteiger partial charge in [0.1, 0.15) is 16.9 Å². The Labute approximate surface area is 250 Å². The Morgan fingerprint density at radius 3 is 2.44 bits per heavy atom. The number of hydrogen-bond donors (Lipinski definition) is 1. The van der Waals surface area contributed by atoms with E-state index < -0.39 is 23.3 Å². The number of aryl methyl sites for hydroxylation is 1. The predicted molar refractivity (Wildman–Crippen MR) is 161 cm³/mol. The number of aromatic nitrogens is 1. The molecule has 0 saturated carbocycles. The molecule has 2 bridgehead atoms. The molecule has 2 saturated heterocycles. The van der Waals surface area contributed by atoms with Crippen LogP contribution in [0.3, 0.4) is 0 Å². The third kappa shape index (κ3) is 5.09. The van der Waals surface area contributed by atoms with Crippen molar-refractivity contribution in [1.29, 1.82) is 0 Å². The first kappa shape index (κ1) is 28.7. The number of anilines is 1. The summed E-state index contributed by atoms with van der Waals surface area (Å²) in [5, 5.41) is 2.51. The number of amides is 4. The predicted octanol–water partition coefficient (Wildman–Crippen LogP) is 3.36. The molecule has 1 N–H and O–H groups in total. The molecule has 224 valence electrons. The summed E-state index contributed by atoms with van der Waals surface area (Å²) in [6, 6.07) is 17.1. The van der Waals surface area contributed by atoms with Crippen molar-refractivity contribution in [2.45, 2.75) is 38.6 Å². The Hall–Kier alpha value is -4.44. The van der Waals surface area contributed by atoms with Crippen LogP contribution in [0.2, 0.25) is 0 Å². The average Bonchev–Trinajstić information content (AvgIpc) is 3.01. The summed E-state index contributed by atoms with van der Waals surface area (Å²) in [5.74, 6) is 0.151.